The number of hydrogen-bond acceptors (Lipinski definition) is 2. The molecule has 1 rings (SSSR count). The van der Waals surface area contributed by atoms with Crippen molar-refractivity contribution in [2.45, 2.75) is 53.0 Å². The van der Waals surface area contributed by atoms with E-state index in [2.05, 4.69) is 43.8 Å². The second-order valence-electron chi connectivity index (χ2n) is 4.15. The molecule has 0 amide bonds. The highest BCUT2D eigenvalue weighted by Crippen LogP contribution is 2.15. The number of rotatable bonds is 7. The number of nitrogens with zero attached hydrogens (tertiary/aromatic N) is 2. The summed E-state index contributed by atoms with van der Waals surface area (Å²) >= 11 is 0. The zero-order valence-corrected chi connectivity index (χ0v) is 11.1. The normalized spacial score (nSPS) is 13.0. The molecule has 1 aromatic heterocycles. The third kappa shape index (κ3) is 3.08. The van der Waals surface area contributed by atoms with Gasteiger partial charge in [-0.3, -0.25) is 4.68 Å². The fourth-order valence-electron chi connectivity index (χ4n) is 1.96. The summed E-state index contributed by atoms with van der Waals surface area (Å²) in [5.74, 6) is 0. The van der Waals surface area contributed by atoms with Gasteiger partial charge < -0.3 is 5.32 Å². The molecule has 1 atom stereocenters. The van der Waals surface area contributed by atoms with Crippen LogP contribution < -0.4 is 5.32 Å². The van der Waals surface area contributed by atoms with Gasteiger partial charge in [0.05, 0.1) is 11.7 Å². The number of hydrogen-bond donors (Lipinski definition) is 1. The van der Waals surface area contributed by atoms with Gasteiger partial charge in [-0.05, 0) is 31.9 Å². The van der Waals surface area contributed by atoms with Crippen molar-refractivity contribution in [3.63, 3.8) is 0 Å². The maximum absolute atomic E-state index is 4.70. The van der Waals surface area contributed by atoms with E-state index in [0.29, 0.717) is 6.04 Å². The molecule has 0 fully saturated rings. The summed E-state index contributed by atoms with van der Waals surface area (Å²) in [4.78, 5) is 0. The van der Waals surface area contributed by atoms with Gasteiger partial charge in [-0.15, -0.1) is 0 Å². The van der Waals surface area contributed by atoms with E-state index in [9.17, 15) is 0 Å². The van der Waals surface area contributed by atoms with Gasteiger partial charge in [0.15, 0.2) is 0 Å². The smallest absolute Gasteiger partial charge is 0.0644 e. The van der Waals surface area contributed by atoms with Gasteiger partial charge in [-0.25, -0.2) is 0 Å². The van der Waals surface area contributed by atoms with Crippen LogP contribution in [0.1, 0.15) is 51.5 Å². The second-order valence-corrected chi connectivity index (χ2v) is 4.15. The Morgan fingerprint density at radius 3 is 2.50 bits per heavy atom. The molecule has 0 radical (unpaired) electrons. The van der Waals surface area contributed by atoms with Crippen molar-refractivity contribution in [3.8, 4) is 0 Å². The zero-order valence-electron chi connectivity index (χ0n) is 11.1. The largest absolute Gasteiger partial charge is 0.315 e. The fraction of sp³-hybridized carbons (Fsp3) is 0.769. The van der Waals surface area contributed by atoms with Crippen LogP contribution in [0, 0.1) is 0 Å². The highest BCUT2D eigenvalue weighted by atomic mass is 15.3. The molecule has 0 saturated heterocycles. The summed E-state index contributed by atoms with van der Waals surface area (Å²) in [6, 6.07) is 2.74. The lowest BCUT2D eigenvalue weighted by Gasteiger charge is -2.18. The predicted octanol–water partition coefficient (Wildman–Crippen LogP) is 2.57. The molecule has 0 aliphatic carbocycles. The lowest BCUT2D eigenvalue weighted by Crippen LogP contribution is -2.26. The van der Waals surface area contributed by atoms with Crippen molar-refractivity contribution in [1.29, 1.82) is 0 Å². The molecule has 3 heteroatoms. The van der Waals surface area contributed by atoms with Crippen LogP contribution in [0.25, 0.3) is 0 Å². The molecule has 92 valence electrons. The Kier molecular flexibility index (Phi) is 5.53. The highest BCUT2D eigenvalue weighted by Gasteiger charge is 2.13. The molecule has 0 aliphatic rings. The van der Waals surface area contributed by atoms with E-state index < -0.39 is 0 Å². The van der Waals surface area contributed by atoms with Gasteiger partial charge >= 0.3 is 0 Å². The fourth-order valence-corrected chi connectivity index (χ4v) is 1.96. The molecule has 1 aromatic rings. The van der Waals surface area contributed by atoms with Crippen LogP contribution in [0.15, 0.2) is 6.07 Å². The van der Waals surface area contributed by atoms with E-state index >= 15 is 0 Å². The molecule has 0 saturated carbocycles. The predicted molar refractivity (Wildman–Crippen MR) is 68.9 cm³/mol. The van der Waals surface area contributed by atoms with Crippen molar-refractivity contribution in [3.05, 3.63) is 17.5 Å². The molecule has 1 heterocycles. The standard InChI is InChI=1S/C13H25N3/c1-5-11-9-12(6-2)16(15-11)13(7-3)10-14-8-4/h9,13-14H,5-8,10H2,1-4H3. The minimum Gasteiger partial charge on any atom is -0.315 e. The number of aromatic nitrogens is 2. The molecule has 3 nitrogen and oxygen atoms in total. The minimum absolute atomic E-state index is 0.496. The minimum atomic E-state index is 0.496. The van der Waals surface area contributed by atoms with Gasteiger partial charge in [0.1, 0.15) is 0 Å². The van der Waals surface area contributed by atoms with Crippen LogP contribution in [0.3, 0.4) is 0 Å². The van der Waals surface area contributed by atoms with Crippen LogP contribution in [-0.4, -0.2) is 22.9 Å². The van der Waals surface area contributed by atoms with Crippen molar-refractivity contribution >= 4 is 0 Å². The second kappa shape index (κ2) is 6.69. The summed E-state index contributed by atoms with van der Waals surface area (Å²) in [6.07, 6.45) is 3.22. The molecular formula is C13H25N3. The lowest BCUT2D eigenvalue weighted by molar-refractivity contribution is 0.403. The molecule has 1 unspecified atom stereocenters. The molecule has 0 bridgehead atoms. The summed E-state index contributed by atoms with van der Waals surface area (Å²) < 4.78 is 2.22. The Hall–Kier alpha value is -0.830. The topological polar surface area (TPSA) is 29.9 Å². The van der Waals surface area contributed by atoms with Crippen LogP contribution in [0.4, 0.5) is 0 Å². The van der Waals surface area contributed by atoms with Crippen LogP contribution in [0.2, 0.25) is 0 Å². The monoisotopic (exact) mass is 223 g/mol. The Morgan fingerprint density at radius 1 is 1.25 bits per heavy atom. The number of nitrogens with one attached hydrogen (secondary N) is 1. The van der Waals surface area contributed by atoms with Gasteiger partial charge in [0, 0.05) is 12.2 Å². The molecule has 0 spiro atoms. The molecule has 1 N–H and O–H groups in total. The summed E-state index contributed by atoms with van der Waals surface area (Å²) in [7, 11) is 0. The first-order chi connectivity index (χ1) is 7.76. The van der Waals surface area contributed by atoms with Crippen molar-refractivity contribution < 1.29 is 0 Å². The quantitative estimate of drug-likeness (QED) is 0.770. The van der Waals surface area contributed by atoms with Gasteiger partial charge in [0.25, 0.3) is 0 Å². The van der Waals surface area contributed by atoms with Crippen molar-refractivity contribution in [2.75, 3.05) is 13.1 Å². The SMILES string of the molecule is CCNCC(CC)n1nc(CC)cc1CC. The summed E-state index contributed by atoms with van der Waals surface area (Å²) in [5.41, 5.74) is 2.58. The van der Waals surface area contributed by atoms with E-state index in [-0.39, 0.29) is 0 Å². The molecular weight excluding hydrogens is 198 g/mol. The first-order valence-corrected chi connectivity index (χ1v) is 6.54. The van der Waals surface area contributed by atoms with Crippen molar-refractivity contribution in [2.24, 2.45) is 0 Å². The van der Waals surface area contributed by atoms with Gasteiger partial charge in [-0.1, -0.05) is 27.7 Å². The van der Waals surface area contributed by atoms with E-state index in [0.717, 1.165) is 32.4 Å². The van der Waals surface area contributed by atoms with E-state index in [1.807, 2.05) is 0 Å². The van der Waals surface area contributed by atoms with Gasteiger partial charge in [-0.2, -0.15) is 5.10 Å². The Labute approximate surface area is 99.2 Å². The Balaban J connectivity index is 2.84. The van der Waals surface area contributed by atoms with Crippen molar-refractivity contribution in [1.82, 2.24) is 15.1 Å². The third-order valence-electron chi connectivity index (χ3n) is 3.04. The van der Waals surface area contributed by atoms with Crippen LogP contribution in [-0.2, 0) is 12.8 Å². The highest BCUT2D eigenvalue weighted by molar-refractivity contribution is 5.11. The average molecular weight is 223 g/mol. The average Bonchev–Trinajstić information content (AvgIpc) is 2.73. The maximum Gasteiger partial charge on any atom is 0.0644 e. The van der Waals surface area contributed by atoms with E-state index in [4.69, 9.17) is 5.10 Å². The molecule has 0 aromatic carbocycles. The lowest BCUT2D eigenvalue weighted by atomic mass is 10.2. The van der Waals surface area contributed by atoms with Crippen LogP contribution >= 0.6 is 0 Å². The molecule has 16 heavy (non-hydrogen) atoms. The number of aryl methyl sites for hydroxylation is 2. The summed E-state index contributed by atoms with van der Waals surface area (Å²) in [6.45, 7) is 10.8. The third-order valence-corrected chi connectivity index (χ3v) is 3.04. The van der Waals surface area contributed by atoms with E-state index in [1.54, 1.807) is 0 Å². The number of likely N-dealkylation sites (N-methyl/N-ethyl adjacent to an activating group) is 1. The first-order valence-electron chi connectivity index (χ1n) is 6.54. The summed E-state index contributed by atoms with van der Waals surface area (Å²) in [5, 5.41) is 8.12. The zero-order chi connectivity index (χ0) is 12.0. The Morgan fingerprint density at radius 2 is 2.00 bits per heavy atom. The Bertz CT molecular complexity index is 304. The van der Waals surface area contributed by atoms with Gasteiger partial charge in [0.2, 0.25) is 0 Å². The maximum atomic E-state index is 4.70. The molecule has 0 aliphatic heterocycles. The van der Waals surface area contributed by atoms with E-state index in [1.165, 1.54) is 11.4 Å². The first kappa shape index (κ1) is 13.2. The van der Waals surface area contributed by atoms with Crippen LogP contribution in [0.5, 0.6) is 0 Å².